The lowest BCUT2D eigenvalue weighted by Gasteiger charge is -2.43. The van der Waals surface area contributed by atoms with Gasteiger partial charge < -0.3 is 15.7 Å². The first-order valence-corrected chi connectivity index (χ1v) is 9.85. The van der Waals surface area contributed by atoms with Crippen LogP contribution in [0.2, 0.25) is 5.02 Å². The molecule has 1 saturated carbocycles. The SMILES string of the molecule is CC1(CC(=O)N2CCn3nc(-c4ccc(F)c(Cl)c4)c(C(N)=O)c3C2)CC(O)C1. The fraction of sp³-hybridized carbons (Fsp3) is 0.450. The van der Waals surface area contributed by atoms with Crippen molar-refractivity contribution >= 4 is 23.4 Å². The zero-order valence-corrected chi connectivity index (χ0v) is 16.7. The number of carbonyl (C=O) groups excluding carboxylic acids is 2. The number of fused-ring (bicyclic) bond motifs is 1. The molecule has 2 heterocycles. The van der Waals surface area contributed by atoms with E-state index in [0.29, 0.717) is 49.3 Å². The third-order valence-electron chi connectivity index (χ3n) is 5.81. The van der Waals surface area contributed by atoms with Crippen LogP contribution in [-0.4, -0.2) is 44.3 Å². The number of amides is 2. The Bertz CT molecular complexity index is 1000. The third kappa shape index (κ3) is 3.62. The van der Waals surface area contributed by atoms with Crippen molar-refractivity contribution in [1.29, 1.82) is 0 Å². The van der Waals surface area contributed by atoms with Crippen LogP contribution in [0.4, 0.5) is 4.39 Å². The summed E-state index contributed by atoms with van der Waals surface area (Å²) in [5.41, 5.74) is 7.04. The first-order valence-electron chi connectivity index (χ1n) is 9.47. The highest BCUT2D eigenvalue weighted by molar-refractivity contribution is 6.31. The number of hydrogen-bond donors (Lipinski definition) is 2. The van der Waals surface area contributed by atoms with Crippen molar-refractivity contribution in [3.63, 3.8) is 0 Å². The van der Waals surface area contributed by atoms with Crippen LogP contribution in [0.25, 0.3) is 11.3 Å². The van der Waals surface area contributed by atoms with Crippen LogP contribution in [0.1, 0.15) is 42.2 Å². The van der Waals surface area contributed by atoms with Gasteiger partial charge >= 0.3 is 0 Å². The monoisotopic (exact) mass is 420 g/mol. The zero-order valence-electron chi connectivity index (χ0n) is 16.0. The van der Waals surface area contributed by atoms with Crippen molar-refractivity contribution in [3.05, 3.63) is 40.3 Å². The lowest BCUT2D eigenvalue weighted by molar-refractivity contribution is -0.139. The maximum Gasteiger partial charge on any atom is 0.252 e. The Balaban J connectivity index is 1.62. The Labute approximate surface area is 172 Å². The van der Waals surface area contributed by atoms with Crippen molar-refractivity contribution in [2.75, 3.05) is 6.54 Å². The minimum atomic E-state index is -0.662. The van der Waals surface area contributed by atoms with Crippen LogP contribution in [0.15, 0.2) is 18.2 Å². The molecule has 3 N–H and O–H groups in total. The molecule has 1 fully saturated rings. The summed E-state index contributed by atoms with van der Waals surface area (Å²) in [6.45, 7) is 3.11. The van der Waals surface area contributed by atoms with E-state index >= 15 is 0 Å². The molecule has 7 nitrogen and oxygen atoms in total. The van der Waals surface area contributed by atoms with Crippen molar-refractivity contribution in [1.82, 2.24) is 14.7 Å². The predicted molar refractivity (Wildman–Crippen MR) is 105 cm³/mol. The maximum absolute atomic E-state index is 13.5. The minimum Gasteiger partial charge on any atom is -0.393 e. The molecule has 0 bridgehead atoms. The number of primary amides is 1. The molecule has 1 aliphatic heterocycles. The molecule has 154 valence electrons. The Morgan fingerprint density at radius 3 is 2.72 bits per heavy atom. The van der Waals surface area contributed by atoms with E-state index in [9.17, 15) is 19.1 Å². The van der Waals surface area contributed by atoms with Crippen LogP contribution in [-0.2, 0) is 17.9 Å². The Hall–Kier alpha value is -2.45. The fourth-order valence-corrected chi connectivity index (χ4v) is 4.51. The summed E-state index contributed by atoms with van der Waals surface area (Å²) in [5.74, 6) is -1.25. The molecule has 2 aromatic rings. The van der Waals surface area contributed by atoms with Crippen LogP contribution < -0.4 is 5.73 Å². The normalized spacial score (nSPS) is 23.4. The van der Waals surface area contributed by atoms with Gasteiger partial charge in [0, 0.05) is 18.5 Å². The Morgan fingerprint density at radius 2 is 2.10 bits per heavy atom. The van der Waals surface area contributed by atoms with E-state index in [2.05, 4.69) is 5.10 Å². The molecule has 9 heteroatoms. The topological polar surface area (TPSA) is 101 Å². The largest absolute Gasteiger partial charge is 0.393 e. The highest BCUT2D eigenvalue weighted by Crippen LogP contribution is 2.44. The summed E-state index contributed by atoms with van der Waals surface area (Å²) in [4.78, 5) is 26.7. The first-order chi connectivity index (χ1) is 13.7. The molecule has 2 amide bonds. The second-order valence-electron chi connectivity index (χ2n) is 8.25. The smallest absolute Gasteiger partial charge is 0.252 e. The summed E-state index contributed by atoms with van der Waals surface area (Å²) in [6.07, 6.45) is 1.26. The number of aliphatic hydroxyl groups is 1. The highest BCUT2D eigenvalue weighted by atomic mass is 35.5. The van der Waals surface area contributed by atoms with Crippen LogP contribution in [0.5, 0.6) is 0 Å². The van der Waals surface area contributed by atoms with Gasteiger partial charge in [-0.25, -0.2) is 4.39 Å². The van der Waals surface area contributed by atoms with Crippen LogP contribution in [0, 0.1) is 11.2 Å². The molecular weight excluding hydrogens is 399 g/mol. The fourth-order valence-electron chi connectivity index (χ4n) is 4.33. The van der Waals surface area contributed by atoms with Crippen molar-refractivity contribution in [3.8, 4) is 11.3 Å². The van der Waals surface area contributed by atoms with Gasteiger partial charge in [0.2, 0.25) is 5.91 Å². The molecule has 2 aliphatic rings. The Morgan fingerprint density at radius 1 is 1.38 bits per heavy atom. The van der Waals surface area contributed by atoms with Gasteiger partial charge in [0.05, 0.1) is 35.5 Å². The van der Waals surface area contributed by atoms with E-state index in [0.717, 1.165) is 0 Å². The number of aliphatic hydroxyl groups excluding tert-OH is 1. The number of nitrogens with two attached hydrogens (primary N) is 1. The highest BCUT2D eigenvalue weighted by Gasteiger charge is 2.42. The first kappa shape index (κ1) is 19.8. The van der Waals surface area contributed by atoms with E-state index in [1.54, 1.807) is 9.58 Å². The average molecular weight is 421 g/mol. The molecule has 1 aliphatic carbocycles. The molecule has 0 spiro atoms. The molecule has 0 atom stereocenters. The van der Waals surface area contributed by atoms with Crippen LogP contribution in [0.3, 0.4) is 0 Å². The van der Waals surface area contributed by atoms with Crippen LogP contribution >= 0.6 is 11.6 Å². The summed E-state index contributed by atoms with van der Waals surface area (Å²) in [7, 11) is 0. The summed E-state index contributed by atoms with van der Waals surface area (Å²) in [6, 6.07) is 4.11. The van der Waals surface area contributed by atoms with E-state index in [4.69, 9.17) is 17.3 Å². The number of benzene rings is 1. The van der Waals surface area contributed by atoms with Gasteiger partial charge in [-0.15, -0.1) is 0 Å². The van der Waals surface area contributed by atoms with Crippen molar-refractivity contribution in [2.45, 2.75) is 45.4 Å². The number of nitrogens with zero attached hydrogens (tertiary/aromatic N) is 3. The Kier molecular flexibility index (Phi) is 4.86. The number of rotatable bonds is 4. The number of halogens is 2. The van der Waals surface area contributed by atoms with Gasteiger partial charge in [-0.05, 0) is 36.5 Å². The quantitative estimate of drug-likeness (QED) is 0.792. The van der Waals surface area contributed by atoms with Gasteiger partial charge in [-0.1, -0.05) is 18.5 Å². The summed E-state index contributed by atoms with van der Waals surface area (Å²) >= 11 is 5.88. The number of carbonyl (C=O) groups is 2. The molecule has 0 radical (unpaired) electrons. The van der Waals surface area contributed by atoms with Gasteiger partial charge in [0.1, 0.15) is 11.5 Å². The van der Waals surface area contributed by atoms with E-state index in [-0.39, 0.29) is 34.6 Å². The molecule has 0 saturated heterocycles. The maximum atomic E-state index is 13.5. The molecule has 29 heavy (non-hydrogen) atoms. The van der Waals surface area contributed by atoms with E-state index in [1.807, 2.05) is 6.92 Å². The van der Waals surface area contributed by atoms with Gasteiger partial charge in [-0.3, -0.25) is 14.3 Å². The second-order valence-corrected chi connectivity index (χ2v) is 8.66. The minimum absolute atomic E-state index is 0.0198. The molecule has 1 aromatic heterocycles. The van der Waals surface area contributed by atoms with Gasteiger partial charge in [0.25, 0.3) is 5.91 Å². The average Bonchev–Trinajstić information content (AvgIpc) is 3.01. The molecule has 1 aromatic carbocycles. The molecule has 4 rings (SSSR count). The predicted octanol–water partition coefficient (Wildman–Crippen LogP) is 2.33. The lowest BCUT2D eigenvalue weighted by Crippen LogP contribution is -2.45. The van der Waals surface area contributed by atoms with Gasteiger partial charge in [0.15, 0.2) is 0 Å². The van der Waals surface area contributed by atoms with Crippen molar-refractivity contribution < 1.29 is 19.1 Å². The third-order valence-corrected chi connectivity index (χ3v) is 6.10. The lowest BCUT2D eigenvalue weighted by atomic mass is 9.66. The summed E-state index contributed by atoms with van der Waals surface area (Å²) in [5, 5.41) is 14.0. The second kappa shape index (κ2) is 7.11. The number of aromatic nitrogens is 2. The van der Waals surface area contributed by atoms with E-state index in [1.165, 1.54) is 18.2 Å². The summed E-state index contributed by atoms with van der Waals surface area (Å²) < 4.78 is 15.2. The van der Waals surface area contributed by atoms with Gasteiger partial charge in [-0.2, -0.15) is 5.10 Å². The van der Waals surface area contributed by atoms with Crippen molar-refractivity contribution in [2.24, 2.45) is 11.1 Å². The zero-order chi connectivity index (χ0) is 20.9. The standard InChI is InChI=1S/C20H22ClFN4O3/c1-20(7-12(27)8-20)9-16(28)25-4-5-26-15(10-25)17(19(23)29)18(24-26)11-2-3-14(22)13(21)6-11/h2-3,6,12,27H,4-5,7-10H2,1H3,(H2,23,29). The number of hydrogen-bond acceptors (Lipinski definition) is 4. The van der Waals surface area contributed by atoms with E-state index < -0.39 is 11.7 Å². The molecular formula is C20H22ClFN4O3. The molecule has 0 unspecified atom stereocenters.